The number of rotatable bonds is 4. The fourth-order valence-electron chi connectivity index (χ4n) is 1.76. The van der Waals surface area contributed by atoms with Gasteiger partial charge in [-0.25, -0.2) is 4.98 Å². The van der Waals surface area contributed by atoms with E-state index in [1.54, 1.807) is 12.4 Å². The molecule has 2 aromatic heterocycles. The Labute approximate surface area is 119 Å². The molecule has 0 fully saturated rings. The van der Waals surface area contributed by atoms with Crippen LogP contribution in [-0.2, 0) is 0 Å². The van der Waals surface area contributed by atoms with Crippen molar-refractivity contribution in [3.63, 3.8) is 0 Å². The van der Waals surface area contributed by atoms with Gasteiger partial charge in [0.15, 0.2) is 0 Å². The molecule has 1 aromatic carbocycles. The minimum absolute atomic E-state index is 0.243. The van der Waals surface area contributed by atoms with E-state index in [9.17, 15) is 0 Å². The van der Waals surface area contributed by atoms with E-state index in [2.05, 4.69) is 35.9 Å². The van der Waals surface area contributed by atoms with Crippen molar-refractivity contribution in [2.45, 2.75) is 0 Å². The first-order chi connectivity index (χ1) is 10.4. The molecule has 3 N–H and O–H groups in total. The molecule has 102 valence electrons. The number of benzene rings is 1. The number of aromatic nitrogens is 6. The van der Waals surface area contributed by atoms with Crippen molar-refractivity contribution in [2.24, 2.45) is 0 Å². The number of tetrazole rings is 1. The minimum atomic E-state index is 0.243. The number of anilines is 1. The second kappa shape index (κ2) is 5.66. The number of hydrogen-bond donors (Lipinski definition) is 3. The lowest BCUT2D eigenvalue weighted by molar-refractivity contribution is 0.881. The van der Waals surface area contributed by atoms with Crippen LogP contribution >= 0.6 is 0 Å². The largest absolute Gasteiger partial charge is 0.360 e. The molecule has 3 rings (SSSR count). The summed E-state index contributed by atoms with van der Waals surface area (Å²) in [4.78, 5) is 7.24. The van der Waals surface area contributed by atoms with Gasteiger partial charge in [-0.2, -0.15) is 10.5 Å². The van der Waals surface area contributed by atoms with Crippen LogP contribution in [-0.4, -0.2) is 30.6 Å². The monoisotopic (exact) mass is 278 g/mol. The third kappa shape index (κ3) is 2.76. The Hall–Kier alpha value is -3.47. The van der Waals surface area contributed by atoms with Crippen LogP contribution in [0.5, 0.6) is 0 Å². The topological polar surface area (TPSA) is 119 Å². The highest BCUT2D eigenvalue weighted by Gasteiger charge is 2.05. The van der Waals surface area contributed by atoms with Crippen molar-refractivity contribution in [3.05, 3.63) is 48.7 Å². The molecule has 0 spiro atoms. The van der Waals surface area contributed by atoms with Crippen molar-refractivity contribution in [2.75, 3.05) is 5.32 Å². The van der Waals surface area contributed by atoms with Gasteiger partial charge in [-0.3, -0.25) is 0 Å². The molecule has 0 aliphatic heterocycles. The van der Waals surface area contributed by atoms with Gasteiger partial charge in [0.25, 0.3) is 0 Å². The van der Waals surface area contributed by atoms with Gasteiger partial charge in [-0.05, 0) is 17.3 Å². The van der Waals surface area contributed by atoms with Crippen LogP contribution in [0.2, 0.25) is 0 Å². The average Bonchev–Trinajstić information content (AvgIpc) is 3.22. The van der Waals surface area contributed by atoms with Crippen LogP contribution in [0.1, 0.15) is 5.82 Å². The standard InChI is InChI=1S/C13H10N8/c14-7-10(13-18-20-21-19-13)8-17-11-3-1-2-9(6-11)12-15-4-5-16-12/h1-6,8,17H,(H,15,16)(H,18,19,20,21). The number of aromatic amines is 2. The quantitative estimate of drug-likeness (QED) is 0.623. The summed E-state index contributed by atoms with van der Waals surface area (Å²) in [5, 5.41) is 25.4. The third-order valence-electron chi connectivity index (χ3n) is 2.72. The lowest BCUT2D eigenvalue weighted by Crippen LogP contribution is -1.93. The number of allylic oxidation sites excluding steroid dienone is 1. The summed E-state index contributed by atoms with van der Waals surface area (Å²) in [6, 6.07) is 9.65. The highest BCUT2D eigenvalue weighted by molar-refractivity contribution is 5.74. The fourth-order valence-corrected chi connectivity index (χ4v) is 1.76. The molecule has 8 heteroatoms. The molecule has 8 nitrogen and oxygen atoms in total. The molecule has 0 bridgehead atoms. The molecule has 0 atom stereocenters. The smallest absolute Gasteiger partial charge is 0.216 e. The summed E-state index contributed by atoms with van der Waals surface area (Å²) >= 11 is 0. The number of nitrogens with one attached hydrogen (secondary N) is 3. The minimum Gasteiger partial charge on any atom is -0.360 e. The van der Waals surface area contributed by atoms with Crippen LogP contribution in [0, 0.1) is 11.3 Å². The molecule has 3 aromatic rings. The normalized spacial score (nSPS) is 11.1. The van der Waals surface area contributed by atoms with Crippen molar-refractivity contribution in [1.82, 2.24) is 30.6 Å². The van der Waals surface area contributed by atoms with E-state index < -0.39 is 0 Å². The Kier molecular flexibility index (Phi) is 3.39. The zero-order chi connectivity index (χ0) is 14.5. The van der Waals surface area contributed by atoms with Gasteiger partial charge >= 0.3 is 0 Å². The SMILES string of the molecule is N#CC(=CNc1cccc(-c2ncc[nH]2)c1)c1nn[nH]n1. The second-order valence-electron chi connectivity index (χ2n) is 4.07. The molecule has 0 saturated carbocycles. The molecule has 0 amide bonds. The molecule has 21 heavy (non-hydrogen) atoms. The molecular formula is C13H10N8. The first-order valence-corrected chi connectivity index (χ1v) is 6.07. The summed E-state index contributed by atoms with van der Waals surface area (Å²) < 4.78 is 0. The first kappa shape index (κ1) is 12.6. The van der Waals surface area contributed by atoms with Crippen LogP contribution in [0.15, 0.2) is 42.9 Å². The summed E-state index contributed by atoms with van der Waals surface area (Å²) in [5.74, 6) is 1.02. The van der Waals surface area contributed by atoms with E-state index in [0.717, 1.165) is 17.1 Å². The number of nitrogens with zero attached hydrogens (tertiary/aromatic N) is 5. The van der Waals surface area contributed by atoms with Gasteiger partial charge in [0.05, 0.1) is 0 Å². The molecule has 0 radical (unpaired) electrons. The van der Waals surface area contributed by atoms with E-state index in [-0.39, 0.29) is 11.4 Å². The number of hydrogen-bond acceptors (Lipinski definition) is 6. The second-order valence-corrected chi connectivity index (χ2v) is 4.07. The summed E-state index contributed by atoms with van der Waals surface area (Å²) in [7, 11) is 0. The Balaban J connectivity index is 1.82. The van der Waals surface area contributed by atoms with E-state index in [1.807, 2.05) is 30.3 Å². The van der Waals surface area contributed by atoms with Crippen LogP contribution in [0.4, 0.5) is 5.69 Å². The van der Waals surface area contributed by atoms with Crippen molar-refractivity contribution < 1.29 is 0 Å². The van der Waals surface area contributed by atoms with Gasteiger partial charge < -0.3 is 10.3 Å². The van der Waals surface area contributed by atoms with Crippen LogP contribution < -0.4 is 5.32 Å². The van der Waals surface area contributed by atoms with E-state index >= 15 is 0 Å². The van der Waals surface area contributed by atoms with E-state index in [0.29, 0.717) is 0 Å². The molecule has 0 unspecified atom stereocenters. The van der Waals surface area contributed by atoms with Crippen LogP contribution in [0.25, 0.3) is 17.0 Å². The first-order valence-electron chi connectivity index (χ1n) is 6.07. The molecule has 0 aliphatic rings. The zero-order valence-electron chi connectivity index (χ0n) is 10.8. The highest BCUT2D eigenvalue weighted by atomic mass is 15.5. The van der Waals surface area contributed by atoms with Gasteiger partial charge in [-0.1, -0.05) is 12.1 Å². The van der Waals surface area contributed by atoms with Gasteiger partial charge in [0.1, 0.15) is 17.5 Å². The Morgan fingerprint density at radius 1 is 1.38 bits per heavy atom. The van der Waals surface area contributed by atoms with Crippen molar-refractivity contribution in [3.8, 4) is 17.5 Å². The van der Waals surface area contributed by atoms with Gasteiger partial charge in [-0.15, -0.1) is 10.2 Å². The highest BCUT2D eigenvalue weighted by Crippen LogP contribution is 2.19. The summed E-state index contributed by atoms with van der Waals surface area (Å²) in [6.07, 6.45) is 4.99. The maximum absolute atomic E-state index is 9.09. The Morgan fingerprint density at radius 3 is 3.05 bits per heavy atom. The maximum atomic E-state index is 9.09. The number of H-pyrrole nitrogens is 2. The zero-order valence-corrected chi connectivity index (χ0v) is 10.8. The molecule has 0 saturated heterocycles. The molecular weight excluding hydrogens is 268 g/mol. The summed E-state index contributed by atoms with van der Waals surface area (Å²) in [6.45, 7) is 0. The maximum Gasteiger partial charge on any atom is 0.216 e. The fraction of sp³-hybridized carbons (Fsp3) is 0. The van der Waals surface area contributed by atoms with Gasteiger partial charge in [0.2, 0.25) is 5.82 Å². The van der Waals surface area contributed by atoms with Crippen LogP contribution in [0.3, 0.4) is 0 Å². The Morgan fingerprint density at radius 2 is 2.33 bits per heavy atom. The molecule has 2 heterocycles. The van der Waals surface area contributed by atoms with Crippen molar-refractivity contribution >= 4 is 11.3 Å². The van der Waals surface area contributed by atoms with E-state index in [1.165, 1.54) is 6.20 Å². The predicted molar refractivity (Wildman–Crippen MR) is 75.4 cm³/mol. The van der Waals surface area contributed by atoms with Crippen molar-refractivity contribution in [1.29, 1.82) is 5.26 Å². The number of nitriles is 1. The lowest BCUT2D eigenvalue weighted by Gasteiger charge is -2.03. The third-order valence-corrected chi connectivity index (χ3v) is 2.72. The number of imidazole rings is 1. The average molecular weight is 278 g/mol. The lowest BCUT2D eigenvalue weighted by atomic mass is 10.2. The summed E-state index contributed by atoms with van der Waals surface area (Å²) in [5.41, 5.74) is 2.05. The molecule has 0 aliphatic carbocycles. The Bertz CT molecular complexity index is 780. The van der Waals surface area contributed by atoms with E-state index in [4.69, 9.17) is 5.26 Å². The van der Waals surface area contributed by atoms with Gasteiger partial charge in [0, 0.05) is 29.8 Å². The predicted octanol–water partition coefficient (Wildman–Crippen LogP) is 1.57.